The second-order valence-corrected chi connectivity index (χ2v) is 4.55. The van der Waals surface area contributed by atoms with Gasteiger partial charge < -0.3 is 0 Å². The van der Waals surface area contributed by atoms with Crippen LogP contribution < -0.4 is 0 Å². The van der Waals surface area contributed by atoms with Gasteiger partial charge in [-0.05, 0) is 24.5 Å². The second kappa shape index (κ2) is 4.80. The van der Waals surface area contributed by atoms with E-state index in [0.29, 0.717) is 5.78 Å². The summed E-state index contributed by atoms with van der Waals surface area (Å²) in [5, 5.41) is 0.734. The highest BCUT2D eigenvalue weighted by atomic mass is 35.5. The van der Waals surface area contributed by atoms with E-state index < -0.39 is 0 Å². The molecular weight excluding hydrogens is 208 g/mol. The maximum absolute atomic E-state index is 11.9. The smallest absolute Gasteiger partial charge is 0.140 e. The predicted octanol–water partition coefficient (Wildman–Crippen LogP) is 3.96. The lowest BCUT2D eigenvalue weighted by Gasteiger charge is -2.14. The fourth-order valence-corrected chi connectivity index (χ4v) is 2.51. The summed E-state index contributed by atoms with van der Waals surface area (Å²) in [6.45, 7) is 0. The Balaban J connectivity index is 2.28. The molecular formula is C13H15ClO. The molecule has 1 saturated carbocycles. The van der Waals surface area contributed by atoms with Gasteiger partial charge in [0, 0.05) is 17.4 Å². The first-order valence-electron chi connectivity index (χ1n) is 5.56. The number of hydrogen-bond acceptors (Lipinski definition) is 1. The molecule has 0 aromatic heterocycles. The first kappa shape index (κ1) is 10.7. The molecule has 1 atom stereocenters. The van der Waals surface area contributed by atoms with Crippen molar-refractivity contribution in [2.24, 2.45) is 0 Å². The van der Waals surface area contributed by atoms with Crippen molar-refractivity contribution in [3.8, 4) is 0 Å². The van der Waals surface area contributed by atoms with Gasteiger partial charge in [0.1, 0.15) is 5.78 Å². The molecule has 1 aromatic rings. The summed E-state index contributed by atoms with van der Waals surface area (Å²) in [4.78, 5) is 11.9. The average Bonchev–Trinajstić information content (AvgIpc) is 2.44. The van der Waals surface area contributed by atoms with Crippen LogP contribution in [0, 0.1) is 0 Å². The summed E-state index contributed by atoms with van der Waals surface area (Å²) in [6, 6.07) is 7.72. The van der Waals surface area contributed by atoms with E-state index in [1.165, 1.54) is 6.42 Å². The van der Waals surface area contributed by atoms with Gasteiger partial charge in [-0.1, -0.05) is 42.6 Å². The maximum atomic E-state index is 11.9. The van der Waals surface area contributed by atoms with Gasteiger partial charge in [0.15, 0.2) is 0 Å². The van der Waals surface area contributed by atoms with Gasteiger partial charge in [-0.2, -0.15) is 0 Å². The molecule has 0 aliphatic heterocycles. The van der Waals surface area contributed by atoms with Crippen LogP contribution in [0.25, 0.3) is 0 Å². The van der Waals surface area contributed by atoms with Gasteiger partial charge in [0.2, 0.25) is 0 Å². The quantitative estimate of drug-likeness (QED) is 0.658. The number of halogens is 1. The highest BCUT2D eigenvalue weighted by Gasteiger charge is 2.23. The largest absolute Gasteiger partial charge is 0.299 e. The highest BCUT2D eigenvalue weighted by Crippen LogP contribution is 2.32. The third-order valence-corrected chi connectivity index (χ3v) is 3.43. The van der Waals surface area contributed by atoms with E-state index in [1.54, 1.807) is 0 Å². The Morgan fingerprint density at radius 1 is 1.13 bits per heavy atom. The van der Waals surface area contributed by atoms with E-state index in [0.717, 1.165) is 36.3 Å². The van der Waals surface area contributed by atoms with E-state index in [1.807, 2.05) is 24.3 Å². The summed E-state index contributed by atoms with van der Waals surface area (Å²) in [5.41, 5.74) is 1.02. The summed E-state index contributed by atoms with van der Waals surface area (Å²) in [6.07, 6.45) is 5.03. The topological polar surface area (TPSA) is 17.1 Å². The standard InChI is InChI=1S/C13H15ClO/c14-12-8-5-4-6-10(12)11-7-2-1-3-9-13(11)15/h4-6,8,11H,1-3,7,9H2. The van der Waals surface area contributed by atoms with Crippen molar-refractivity contribution < 1.29 is 4.79 Å². The van der Waals surface area contributed by atoms with Crippen molar-refractivity contribution in [2.75, 3.05) is 0 Å². The van der Waals surface area contributed by atoms with Crippen LogP contribution in [-0.4, -0.2) is 5.78 Å². The molecule has 1 fully saturated rings. The molecule has 2 rings (SSSR count). The number of carbonyl (C=O) groups excluding carboxylic acids is 1. The minimum absolute atomic E-state index is 0.0428. The number of rotatable bonds is 1. The molecule has 1 nitrogen and oxygen atoms in total. The van der Waals surface area contributed by atoms with E-state index in [9.17, 15) is 4.79 Å². The molecule has 1 aliphatic rings. The Labute approximate surface area is 95.4 Å². The fraction of sp³-hybridized carbons (Fsp3) is 0.462. The van der Waals surface area contributed by atoms with Crippen molar-refractivity contribution in [2.45, 2.75) is 38.0 Å². The number of carbonyl (C=O) groups is 1. The van der Waals surface area contributed by atoms with Gasteiger partial charge in [-0.3, -0.25) is 4.79 Å². The van der Waals surface area contributed by atoms with E-state index in [-0.39, 0.29) is 5.92 Å². The van der Waals surface area contributed by atoms with Crippen LogP contribution in [0.3, 0.4) is 0 Å². The average molecular weight is 223 g/mol. The molecule has 2 heteroatoms. The lowest BCUT2D eigenvalue weighted by atomic mass is 9.91. The Morgan fingerprint density at radius 3 is 2.73 bits per heavy atom. The lowest BCUT2D eigenvalue weighted by Crippen LogP contribution is -2.10. The normalized spacial score (nSPS) is 22.5. The Bertz CT molecular complexity index is 359. The van der Waals surface area contributed by atoms with Crippen LogP contribution in [0.1, 0.15) is 43.6 Å². The van der Waals surface area contributed by atoms with Crippen LogP contribution in [0.2, 0.25) is 5.02 Å². The molecule has 80 valence electrons. The number of benzene rings is 1. The Kier molecular flexibility index (Phi) is 3.42. The van der Waals surface area contributed by atoms with Gasteiger partial charge in [-0.15, -0.1) is 0 Å². The zero-order valence-electron chi connectivity index (χ0n) is 8.71. The predicted molar refractivity (Wildman–Crippen MR) is 62.3 cm³/mol. The molecule has 1 aliphatic carbocycles. The first-order valence-corrected chi connectivity index (χ1v) is 5.94. The van der Waals surface area contributed by atoms with Crippen LogP contribution in [0.5, 0.6) is 0 Å². The zero-order valence-corrected chi connectivity index (χ0v) is 9.46. The van der Waals surface area contributed by atoms with E-state index in [4.69, 9.17) is 11.6 Å². The summed E-state index contributed by atoms with van der Waals surface area (Å²) in [7, 11) is 0. The molecule has 0 amide bonds. The molecule has 0 saturated heterocycles. The molecule has 0 N–H and O–H groups in total. The molecule has 0 spiro atoms. The summed E-state index contributed by atoms with van der Waals surface area (Å²) >= 11 is 6.12. The number of Topliss-reactive ketones (excluding diaryl/α,β-unsaturated/α-hetero) is 1. The minimum Gasteiger partial charge on any atom is -0.299 e. The van der Waals surface area contributed by atoms with E-state index in [2.05, 4.69) is 0 Å². The fourth-order valence-electron chi connectivity index (χ4n) is 2.25. The molecule has 0 heterocycles. The summed E-state index contributed by atoms with van der Waals surface area (Å²) < 4.78 is 0. The van der Waals surface area contributed by atoms with E-state index >= 15 is 0 Å². The van der Waals surface area contributed by atoms with Crippen molar-refractivity contribution in [3.05, 3.63) is 34.9 Å². The van der Waals surface area contributed by atoms with Crippen molar-refractivity contribution in [1.82, 2.24) is 0 Å². The molecule has 15 heavy (non-hydrogen) atoms. The van der Waals surface area contributed by atoms with Gasteiger partial charge >= 0.3 is 0 Å². The van der Waals surface area contributed by atoms with Crippen molar-refractivity contribution in [1.29, 1.82) is 0 Å². The SMILES string of the molecule is O=C1CCCCCC1c1ccccc1Cl. The van der Waals surface area contributed by atoms with Crippen LogP contribution in [-0.2, 0) is 4.79 Å². The summed E-state index contributed by atoms with van der Waals surface area (Å²) in [5.74, 6) is 0.404. The Hall–Kier alpha value is -0.820. The van der Waals surface area contributed by atoms with Crippen molar-refractivity contribution >= 4 is 17.4 Å². The van der Waals surface area contributed by atoms with Crippen LogP contribution in [0.15, 0.2) is 24.3 Å². The molecule has 0 radical (unpaired) electrons. The maximum Gasteiger partial charge on any atom is 0.140 e. The highest BCUT2D eigenvalue weighted by molar-refractivity contribution is 6.31. The molecule has 1 unspecified atom stereocenters. The number of hydrogen-bond donors (Lipinski definition) is 0. The molecule has 1 aromatic carbocycles. The zero-order chi connectivity index (χ0) is 10.7. The minimum atomic E-state index is 0.0428. The van der Waals surface area contributed by atoms with Crippen LogP contribution >= 0.6 is 11.6 Å². The number of ketones is 1. The third-order valence-electron chi connectivity index (χ3n) is 3.09. The van der Waals surface area contributed by atoms with Gasteiger partial charge in [0.25, 0.3) is 0 Å². The molecule has 0 bridgehead atoms. The third kappa shape index (κ3) is 2.40. The van der Waals surface area contributed by atoms with Gasteiger partial charge in [-0.25, -0.2) is 0 Å². The van der Waals surface area contributed by atoms with Crippen molar-refractivity contribution in [3.63, 3.8) is 0 Å². The van der Waals surface area contributed by atoms with Crippen LogP contribution in [0.4, 0.5) is 0 Å². The first-order chi connectivity index (χ1) is 7.29. The second-order valence-electron chi connectivity index (χ2n) is 4.14. The van der Waals surface area contributed by atoms with Gasteiger partial charge in [0.05, 0.1) is 0 Å². The monoisotopic (exact) mass is 222 g/mol. The lowest BCUT2D eigenvalue weighted by molar-refractivity contribution is -0.120. The Morgan fingerprint density at radius 2 is 1.93 bits per heavy atom.